The van der Waals surface area contributed by atoms with Gasteiger partial charge in [0.15, 0.2) is 0 Å². The third-order valence-corrected chi connectivity index (χ3v) is 3.63. The first-order valence-corrected chi connectivity index (χ1v) is 7.19. The fraction of sp³-hybridized carbons (Fsp3) is 0.375. The summed E-state index contributed by atoms with van der Waals surface area (Å²) in [6, 6.07) is 7.90. The predicted octanol–water partition coefficient (Wildman–Crippen LogP) is 2.81. The normalized spacial score (nSPS) is 14.2. The van der Waals surface area contributed by atoms with Gasteiger partial charge in [-0.2, -0.15) is 0 Å². The molecule has 1 fully saturated rings. The number of aromatic nitrogens is 1. The summed E-state index contributed by atoms with van der Waals surface area (Å²) in [5.74, 6) is 1.49. The van der Waals surface area contributed by atoms with Crippen molar-refractivity contribution < 1.29 is 4.79 Å². The van der Waals surface area contributed by atoms with Crippen molar-refractivity contribution in [1.82, 2.24) is 10.3 Å². The largest absolute Gasteiger partial charge is 0.370 e. The molecular formula is C16H19N3O. The van der Waals surface area contributed by atoms with Crippen LogP contribution in [0.3, 0.4) is 0 Å². The van der Waals surface area contributed by atoms with Crippen molar-refractivity contribution in [1.29, 1.82) is 0 Å². The minimum Gasteiger partial charge on any atom is -0.370 e. The molecule has 0 radical (unpaired) electrons. The number of amides is 1. The highest BCUT2D eigenvalue weighted by Gasteiger charge is 2.22. The van der Waals surface area contributed by atoms with E-state index >= 15 is 0 Å². The Balaban J connectivity index is 1.93. The Morgan fingerprint density at radius 3 is 2.75 bits per heavy atom. The second-order valence-electron chi connectivity index (χ2n) is 5.25. The molecule has 4 heteroatoms. The molecule has 1 aromatic heterocycles. The summed E-state index contributed by atoms with van der Waals surface area (Å²) in [4.78, 5) is 16.7. The van der Waals surface area contributed by atoms with Crippen LogP contribution in [0.4, 0.5) is 5.82 Å². The number of pyridine rings is 1. The number of carbonyl (C=O) groups excluding carboxylic acids is 1. The average Bonchev–Trinajstić information content (AvgIpc) is 3.29. The quantitative estimate of drug-likeness (QED) is 0.877. The number of hydrogen-bond acceptors (Lipinski definition) is 3. The van der Waals surface area contributed by atoms with Crippen LogP contribution in [0.25, 0.3) is 10.8 Å². The highest BCUT2D eigenvalue weighted by atomic mass is 16.1. The maximum atomic E-state index is 12.3. The zero-order chi connectivity index (χ0) is 13.9. The van der Waals surface area contributed by atoms with Gasteiger partial charge in [0.25, 0.3) is 5.91 Å². The fourth-order valence-electron chi connectivity index (χ4n) is 2.34. The number of hydrogen-bond donors (Lipinski definition) is 2. The van der Waals surface area contributed by atoms with Crippen LogP contribution in [0.15, 0.2) is 30.5 Å². The van der Waals surface area contributed by atoms with Crippen molar-refractivity contribution in [2.75, 3.05) is 18.4 Å². The lowest BCUT2D eigenvalue weighted by atomic mass is 10.1. The molecule has 0 saturated heterocycles. The molecule has 1 amide bonds. The Hall–Kier alpha value is -2.10. The molecule has 0 aliphatic heterocycles. The van der Waals surface area contributed by atoms with Gasteiger partial charge in [0.2, 0.25) is 0 Å². The van der Waals surface area contributed by atoms with Crippen LogP contribution in [0.5, 0.6) is 0 Å². The molecule has 2 N–H and O–H groups in total. The summed E-state index contributed by atoms with van der Waals surface area (Å²) >= 11 is 0. The van der Waals surface area contributed by atoms with Crippen LogP contribution in [0, 0.1) is 5.92 Å². The standard InChI is InChI=1S/C16H19N3O/c1-2-17-15-13-6-4-3-5-12(13)14(10-18-15)16(20)19-9-11-7-8-11/h3-6,10-11H,2,7-9H2,1H3,(H,17,18)(H,19,20). The van der Waals surface area contributed by atoms with E-state index in [-0.39, 0.29) is 5.91 Å². The summed E-state index contributed by atoms with van der Waals surface area (Å²) in [6.07, 6.45) is 4.14. The molecular weight excluding hydrogens is 250 g/mol. The zero-order valence-electron chi connectivity index (χ0n) is 11.6. The fourth-order valence-corrected chi connectivity index (χ4v) is 2.34. The third-order valence-electron chi connectivity index (χ3n) is 3.63. The topological polar surface area (TPSA) is 54.0 Å². The minimum atomic E-state index is -0.0244. The van der Waals surface area contributed by atoms with E-state index in [0.717, 1.165) is 29.7 Å². The lowest BCUT2D eigenvalue weighted by molar-refractivity contribution is 0.0953. The van der Waals surface area contributed by atoms with Crippen molar-refractivity contribution in [2.45, 2.75) is 19.8 Å². The maximum Gasteiger partial charge on any atom is 0.253 e. The highest BCUT2D eigenvalue weighted by molar-refractivity contribution is 6.09. The smallest absolute Gasteiger partial charge is 0.253 e. The van der Waals surface area contributed by atoms with E-state index in [2.05, 4.69) is 15.6 Å². The predicted molar refractivity (Wildman–Crippen MR) is 81.0 cm³/mol. The Morgan fingerprint density at radius 1 is 1.30 bits per heavy atom. The number of nitrogens with zero attached hydrogens (tertiary/aromatic N) is 1. The van der Waals surface area contributed by atoms with Gasteiger partial charge in [-0.3, -0.25) is 4.79 Å². The van der Waals surface area contributed by atoms with Gasteiger partial charge in [-0.25, -0.2) is 4.98 Å². The molecule has 1 aromatic carbocycles. The SMILES string of the molecule is CCNc1ncc(C(=O)NCC2CC2)c2ccccc12. The molecule has 2 aromatic rings. The van der Waals surface area contributed by atoms with Gasteiger partial charge in [0.05, 0.1) is 5.56 Å². The first kappa shape index (κ1) is 12.9. The molecule has 1 saturated carbocycles. The summed E-state index contributed by atoms with van der Waals surface area (Å²) in [5.41, 5.74) is 0.655. The van der Waals surface area contributed by atoms with Gasteiger partial charge in [-0.1, -0.05) is 24.3 Å². The number of anilines is 1. The number of rotatable bonds is 5. The lowest BCUT2D eigenvalue weighted by Gasteiger charge is -2.11. The first-order chi connectivity index (χ1) is 9.79. The van der Waals surface area contributed by atoms with E-state index in [1.807, 2.05) is 31.2 Å². The Bertz CT molecular complexity index is 635. The molecule has 20 heavy (non-hydrogen) atoms. The van der Waals surface area contributed by atoms with Crippen molar-refractivity contribution in [3.63, 3.8) is 0 Å². The van der Waals surface area contributed by atoms with Gasteiger partial charge in [0, 0.05) is 24.7 Å². The first-order valence-electron chi connectivity index (χ1n) is 7.19. The van der Waals surface area contributed by atoms with E-state index < -0.39 is 0 Å². The molecule has 1 heterocycles. The van der Waals surface area contributed by atoms with E-state index in [9.17, 15) is 4.79 Å². The number of benzene rings is 1. The second-order valence-corrected chi connectivity index (χ2v) is 5.25. The van der Waals surface area contributed by atoms with Gasteiger partial charge >= 0.3 is 0 Å². The van der Waals surface area contributed by atoms with Crippen molar-refractivity contribution >= 4 is 22.5 Å². The Morgan fingerprint density at radius 2 is 2.05 bits per heavy atom. The number of carbonyl (C=O) groups is 1. The van der Waals surface area contributed by atoms with Gasteiger partial charge in [0.1, 0.15) is 5.82 Å². The molecule has 0 unspecified atom stereocenters. The Labute approximate surface area is 118 Å². The van der Waals surface area contributed by atoms with Gasteiger partial charge < -0.3 is 10.6 Å². The summed E-state index contributed by atoms with van der Waals surface area (Å²) in [5, 5.41) is 8.18. The van der Waals surface area contributed by atoms with Crippen LogP contribution in [0.1, 0.15) is 30.1 Å². The molecule has 4 nitrogen and oxygen atoms in total. The van der Waals surface area contributed by atoms with E-state index in [1.54, 1.807) is 6.20 Å². The van der Waals surface area contributed by atoms with E-state index in [4.69, 9.17) is 0 Å². The van der Waals surface area contributed by atoms with Crippen LogP contribution >= 0.6 is 0 Å². The Kier molecular flexibility index (Phi) is 3.54. The average molecular weight is 269 g/mol. The second kappa shape index (κ2) is 5.49. The molecule has 0 atom stereocenters. The molecule has 1 aliphatic carbocycles. The van der Waals surface area contributed by atoms with Crippen molar-refractivity contribution in [3.05, 3.63) is 36.0 Å². The summed E-state index contributed by atoms with van der Waals surface area (Å²) in [6.45, 7) is 3.62. The minimum absolute atomic E-state index is 0.0244. The molecule has 3 rings (SSSR count). The van der Waals surface area contributed by atoms with Crippen molar-refractivity contribution in [3.8, 4) is 0 Å². The molecule has 0 bridgehead atoms. The zero-order valence-corrected chi connectivity index (χ0v) is 11.6. The van der Waals surface area contributed by atoms with Gasteiger partial charge in [-0.05, 0) is 31.1 Å². The van der Waals surface area contributed by atoms with Crippen LogP contribution in [-0.2, 0) is 0 Å². The van der Waals surface area contributed by atoms with Crippen LogP contribution < -0.4 is 10.6 Å². The van der Waals surface area contributed by atoms with Crippen LogP contribution in [-0.4, -0.2) is 24.0 Å². The maximum absolute atomic E-state index is 12.3. The van der Waals surface area contributed by atoms with Gasteiger partial charge in [-0.15, -0.1) is 0 Å². The van der Waals surface area contributed by atoms with E-state index in [0.29, 0.717) is 11.5 Å². The van der Waals surface area contributed by atoms with Crippen molar-refractivity contribution in [2.24, 2.45) is 5.92 Å². The molecule has 104 valence electrons. The number of fused-ring (bicyclic) bond motifs is 1. The summed E-state index contributed by atoms with van der Waals surface area (Å²) < 4.78 is 0. The van der Waals surface area contributed by atoms with E-state index in [1.165, 1.54) is 12.8 Å². The lowest BCUT2D eigenvalue weighted by Crippen LogP contribution is -2.26. The third kappa shape index (κ3) is 2.59. The molecule has 0 spiro atoms. The molecule has 1 aliphatic rings. The van der Waals surface area contributed by atoms with Crippen LogP contribution in [0.2, 0.25) is 0 Å². The highest BCUT2D eigenvalue weighted by Crippen LogP contribution is 2.28. The summed E-state index contributed by atoms with van der Waals surface area (Å²) in [7, 11) is 0. The number of nitrogens with one attached hydrogen (secondary N) is 2. The monoisotopic (exact) mass is 269 g/mol.